The maximum Gasteiger partial charge on any atom is 0.339 e. The predicted molar refractivity (Wildman–Crippen MR) is 134 cm³/mol. The highest BCUT2D eigenvalue weighted by Gasteiger charge is 2.17. The number of rotatable bonds is 8. The van der Waals surface area contributed by atoms with Gasteiger partial charge in [0.05, 0.1) is 5.56 Å². The first kappa shape index (κ1) is 23.4. The van der Waals surface area contributed by atoms with E-state index in [0.717, 1.165) is 30.6 Å². The van der Waals surface area contributed by atoms with Crippen LogP contribution in [0.5, 0.6) is 0 Å². The van der Waals surface area contributed by atoms with Crippen LogP contribution in [0.3, 0.4) is 0 Å². The Morgan fingerprint density at radius 3 is 2.78 bits per heavy atom. The van der Waals surface area contributed by atoms with Gasteiger partial charge in [0, 0.05) is 42.9 Å². The van der Waals surface area contributed by atoms with Crippen molar-refractivity contribution in [2.75, 3.05) is 18.5 Å². The van der Waals surface area contributed by atoms with Crippen LogP contribution in [0.15, 0.2) is 61.2 Å². The minimum Gasteiger partial charge on any atom is -0.460 e. The average Bonchev–Trinajstić information content (AvgIpc) is 3.42. The van der Waals surface area contributed by atoms with Gasteiger partial charge < -0.3 is 15.4 Å². The van der Waals surface area contributed by atoms with Gasteiger partial charge in [-0.3, -0.25) is 4.98 Å². The highest BCUT2D eigenvalue weighted by atomic mass is 16.5. The van der Waals surface area contributed by atoms with Crippen molar-refractivity contribution in [3.63, 3.8) is 0 Å². The highest BCUT2D eigenvalue weighted by molar-refractivity contribution is 5.89. The third-order valence-corrected chi connectivity index (χ3v) is 5.71. The molecule has 10 nitrogen and oxygen atoms in total. The zero-order chi connectivity index (χ0) is 24.7. The zero-order valence-electron chi connectivity index (χ0n) is 19.9. The number of nitrogens with one attached hydrogen (secondary N) is 2. The van der Waals surface area contributed by atoms with Crippen LogP contribution in [0.4, 0.5) is 11.6 Å². The fraction of sp³-hybridized carbons (Fsp3) is 0.269. The lowest BCUT2D eigenvalue weighted by atomic mass is 10.1. The summed E-state index contributed by atoms with van der Waals surface area (Å²) in [5, 5.41) is 6.52. The van der Waals surface area contributed by atoms with Crippen LogP contribution >= 0.6 is 0 Å². The van der Waals surface area contributed by atoms with Crippen LogP contribution in [-0.2, 0) is 11.2 Å². The van der Waals surface area contributed by atoms with Gasteiger partial charge in [-0.2, -0.15) is 0 Å². The van der Waals surface area contributed by atoms with Crippen LogP contribution in [0, 0.1) is 6.92 Å². The predicted octanol–water partition coefficient (Wildman–Crippen LogP) is 3.28. The summed E-state index contributed by atoms with van der Waals surface area (Å²) in [6.45, 7) is 3.26. The van der Waals surface area contributed by atoms with E-state index in [9.17, 15) is 4.79 Å². The molecule has 0 unspecified atom stereocenters. The summed E-state index contributed by atoms with van der Waals surface area (Å²) in [6, 6.07) is 11.3. The second-order valence-corrected chi connectivity index (χ2v) is 8.56. The molecular weight excluding hydrogens is 456 g/mol. The van der Waals surface area contributed by atoms with Crippen LogP contribution in [0.2, 0.25) is 0 Å². The molecule has 0 saturated carbocycles. The summed E-state index contributed by atoms with van der Waals surface area (Å²) in [6.07, 6.45) is 9.11. The molecule has 1 atom stereocenters. The number of aromatic nitrogens is 6. The summed E-state index contributed by atoms with van der Waals surface area (Å²) in [7, 11) is 0. The van der Waals surface area contributed by atoms with E-state index >= 15 is 0 Å². The Kier molecular flexibility index (Phi) is 7.13. The van der Waals surface area contributed by atoms with Gasteiger partial charge in [0.15, 0.2) is 5.82 Å². The number of hydrogen-bond donors (Lipinski definition) is 2. The van der Waals surface area contributed by atoms with Crippen molar-refractivity contribution < 1.29 is 9.53 Å². The second kappa shape index (κ2) is 11.0. The fourth-order valence-electron chi connectivity index (χ4n) is 3.94. The van der Waals surface area contributed by atoms with Crippen molar-refractivity contribution in [3.05, 3.63) is 83.8 Å². The number of nitrogens with zero attached hydrogens (tertiary/aromatic N) is 6. The molecule has 5 rings (SSSR count). The SMILES string of the molecule is Cc1cccc(-c2nccc(Nc3ccnc(Cc4cncc(C(=O)OC[C@H]5CCCN5)c4)n3)n2)n1. The third-order valence-electron chi connectivity index (χ3n) is 5.71. The number of carbonyl (C=O) groups excluding carboxylic acids is 1. The molecule has 0 radical (unpaired) electrons. The minimum absolute atomic E-state index is 0.229. The van der Waals surface area contributed by atoms with Crippen LogP contribution in [0.1, 0.15) is 40.3 Å². The van der Waals surface area contributed by atoms with Crippen molar-refractivity contribution in [1.82, 2.24) is 35.2 Å². The summed E-state index contributed by atoms with van der Waals surface area (Å²) < 4.78 is 5.45. The summed E-state index contributed by atoms with van der Waals surface area (Å²) >= 11 is 0. The Hall–Kier alpha value is -4.31. The Morgan fingerprint density at radius 1 is 1.08 bits per heavy atom. The largest absolute Gasteiger partial charge is 0.460 e. The average molecular weight is 483 g/mol. The molecule has 1 aliphatic rings. The highest BCUT2D eigenvalue weighted by Crippen LogP contribution is 2.18. The van der Waals surface area contributed by atoms with E-state index in [2.05, 4.69) is 40.5 Å². The van der Waals surface area contributed by atoms with Gasteiger partial charge in [-0.1, -0.05) is 6.07 Å². The summed E-state index contributed by atoms with van der Waals surface area (Å²) in [4.78, 5) is 39.0. The standard InChI is InChI=1S/C26H26N8O2/c1-17-4-2-6-21(31-17)25-30-11-8-23(34-25)32-22-7-10-29-24(33-22)13-18-12-19(15-27-14-18)26(35)36-16-20-5-3-9-28-20/h2,4,6-8,10-12,14-15,20,28H,3,5,9,13,16H2,1H3,(H,29,30,32,33,34)/t20-/m1/s1. The molecule has 10 heteroatoms. The maximum atomic E-state index is 12.5. The van der Waals surface area contributed by atoms with Gasteiger partial charge in [0.1, 0.15) is 29.8 Å². The molecule has 0 spiro atoms. The number of pyridine rings is 2. The number of aryl methyl sites for hydroxylation is 1. The molecule has 1 saturated heterocycles. The molecule has 1 aliphatic heterocycles. The van der Waals surface area contributed by atoms with Crippen molar-refractivity contribution in [1.29, 1.82) is 0 Å². The van der Waals surface area contributed by atoms with E-state index in [1.165, 1.54) is 6.20 Å². The topological polar surface area (TPSA) is 128 Å². The molecule has 36 heavy (non-hydrogen) atoms. The molecule has 0 aliphatic carbocycles. The van der Waals surface area contributed by atoms with E-state index in [1.54, 1.807) is 36.8 Å². The lowest BCUT2D eigenvalue weighted by molar-refractivity contribution is 0.0472. The van der Waals surface area contributed by atoms with Crippen molar-refractivity contribution >= 4 is 17.6 Å². The molecule has 2 N–H and O–H groups in total. The number of esters is 1. The minimum atomic E-state index is -0.378. The summed E-state index contributed by atoms with van der Waals surface area (Å²) in [5.41, 5.74) is 2.83. The molecule has 4 aromatic rings. The van der Waals surface area contributed by atoms with Gasteiger partial charge in [-0.15, -0.1) is 0 Å². The van der Waals surface area contributed by atoms with Crippen molar-refractivity contribution in [2.24, 2.45) is 0 Å². The molecule has 0 aromatic carbocycles. The Balaban J connectivity index is 1.25. The number of ether oxygens (including phenoxy) is 1. The molecule has 0 bridgehead atoms. The Morgan fingerprint density at radius 2 is 1.94 bits per heavy atom. The maximum absolute atomic E-state index is 12.5. The van der Waals surface area contributed by atoms with Gasteiger partial charge in [0.2, 0.25) is 0 Å². The number of anilines is 2. The Labute approximate surface area is 208 Å². The molecule has 182 valence electrons. The smallest absolute Gasteiger partial charge is 0.339 e. The summed E-state index contributed by atoms with van der Waals surface area (Å²) in [5.74, 6) is 1.91. The van der Waals surface area contributed by atoms with Gasteiger partial charge >= 0.3 is 5.97 Å². The van der Waals surface area contributed by atoms with E-state index < -0.39 is 0 Å². The molecule has 5 heterocycles. The van der Waals surface area contributed by atoms with Crippen molar-refractivity contribution in [2.45, 2.75) is 32.2 Å². The van der Waals surface area contributed by atoms with E-state index in [0.29, 0.717) is 47.6 Å². The molecule has 0 amide bonds. The van der Waals surface area contributed by atoms with Crippen LogP contribution in [0.25, 0.3) is 11.5 Å². The fourth-order valence-corrected chi connectivity index (χ4v) is 3.94. The Bertz CT molecular complexity index is 1360. The first-order chi connectivity index (χ1) is 17.6. The number of hydrogen-bond acceptors (Lipinski definition) is 10. The van der Waals surface area contributed by atoms with Gasteiger partial charge in [0.25, 0.3) is 0 Å². The first-order valence-electron chi connectivity index (χ1n) is 11.8. The van der Waals surface area contributed by atoms with Gasteiger partial charge in [-0.05, 0) is 62.2 Å². The lowest BCUT2D eigenvalue weighted by Gasteiger charge is -2.11. The van der Waals surface area contributed by atoms with Crippen LogP contribution in [-0.4, -0.2) is 55.1 Å². The van der Waals surface area contributed by atoms with E-state index in [1.807, 2.05) is 25.1 Å². The second-order valence-electron chi connectivity index (χ2n) is 8.56. The number of carbonyl (C=O) groups is 1. The monoisotopic (exact) mass is 482 g/mol. The van der Waals surface area contributed by atoms with Gasteiger partial charge in [-0.25, -0.2) is 29.7 Å². The van der Waals surface area contributed by atoms with E-state index in [4.69, 9.17) is 4.74 Å². The van der Waals surface area contributed by atoms with Crippen molar-refractivity contribution in [3.8, 4) is 11.5 Å². The van der Waals surface area contributed by atoms with E-state index in [-0.39, 0.29) is 12.0 Å². The first-order valence-corrected chi connectivity index (χ1v) is 11.8. The van der Waals surface area contributed by atoms with Crippen LogP contribution < -0.4 is 10.6 Å². The molecular formula is C26H26N8O2. The third kappa shape index (κ3) is 6.02. The zero-order valence-corrected chi connectivity index (χ0v) is 19.9. The quantitative estimate of drug-likeness (QED) is 0.361. The molecule has 4 aromatic heterocycles. The lowest BCUT2D eigenvalue weighted by Crippen LogP contribution is -2.28. The normalized spacial score (nSPS) is 15.0. The molecule has 1 fully saturated rings.